The van der Waals surface area contributed by atoms with E-state index in [-0.39, 0.29) is 5.91 Å². The number of hydrogen-bond donors (Lipinski definition) is 1. The van der Waals surface area contributed by atoms with Crippen LogP contribution in [0.25, 0.3) is 0 Å². The van der Waals surface area contributed by atoms with Crippen LogP contribution in [0.5, 0.6) is 0 Å². The monoisotopic (exact) mass is 279 g/mol. The van der Waals surface area contributed by atoms with Crippen molar-refractivity contribution >= 4 is 23.5 Å². The predicted molar refractivity (Wildman–Crippen MR) is 80.5 cm³/mol. The van der Waals surface area contributed by atoms with Crippen LogP contribution in [0, 0.1) is 0 Å². The second kappa shape index (κ2) is 6.80. The Kier molecular flexibility index (Phi) is 5.07. The van der Waals surface area contributed by atoms with Gasteiger partial charge in [0.05, 0.1) is 0 Å². The molecule has 0 spiro atoms. The minimum absolute atomic E-state index is 0.0916. The number of nitrogens with two attached hydrogens (primary N) is 1. The molecular formula is C14H21N3OS. The molecule has 2 N–H and O–H groups in total. The van der Waals surface area contributed by atoms with Crippen LogP contribution in [0.1, 0.15) is 35.8 Å². The first-order valence-electron chi connectivity index (χ1n) is 6.84. The van der Waals surface area contributed by atoms with Crippen molar-refractivity contribution in [1.82, 2.24) is 9.88 Å². The first kappa shape index (κ1) is 14.2. The summed E-state index contributed by atoms with van der Waals surface area (Å²) in [4.78, 5) is 18.7. The number of aryl methyl sites for hydroxylation is 1. The van der Waals surface area contributed by atoms with E-state index in [2.05, 4.69) is 11.9 Å². The van der Waals surface area contributed by atoms with E-state index in [0.29, 0.717) is 11.4 Å². The molecule has 0 aliphatic carbocycles. The van der Waals surface area contributed by atoms with E-state index in [9.17, 15) is 4.79 Å². The SMILES string of the molecule is CCCc1cc(C(=O)N2CCCSCC2)cc(N)n1. The lowest BCUT2D eigenvalue weighted by molar-refractivity contribution is 0.0768. The van der Waals surface area contributed by atoms with Crippen molar-refractivity contribution in [3.8, 4) is 0 Å². The number of carbonyl (C=O) groups is 1. The molecule has 1 aromatic heterocycles. The van der Waals surface area contributed by atoms with Gasteiger partial charge in [0.1, 0.15) is 5.82 Å². The summed E-state index contributed by atoms with van der Waals surface area (Å²) in [5, 5.41) is 0. The van der Waals surface area contributed by atoms with Gasteiger partial charge in [-0.2, -0.15) is 11.8 Å². The van der Waals surface area contributed by atoms with E-state index < -0.39 is 0 Å². The van der Waals surface area contributed by atoms with Crippen LogP contribution < -0.4 is 5.73 Å². The molecule has 0 saturated carbocycles. The van der Waals surface area contributed by atoms with Gasteiger partial charge in [-0.1, -0.05) is 13.3 Å². The van der Waals surface area contributed by atoms with Crippen molar-refractivity contribution in [2.45, 2.75) is 26.2 Å². The van der Waals surface area contributed by atoms with Crippen molar-refractivity contribution in [3.63, 3.8) is 0 Å². The number of hydrogen-bond acceptors (Lipinski definition) is 4. The van der Waals surface area contributed by atoms with E-state index in [1.54, 1.807) is 6.07 Å². The topological polar surface area (TPSA) is 59.2 Å². The maximum absolute atomic E-state index is 12.5. The molecule has 0 bridgehead atoms. The molecule has 0 atom stereocenters. The molecule has 5 heteroatoms. The van der Waals surface area contributed by atoms with Crippen LogP contribution >= 0.6 is 11.8 Å². The molecule has 4 nitrogen and oxygen atoms in total. The number of amides is 1. The molecule has 0 radical (unpaired) electrons. The molecule has 104 valence electrons. The summed E-state index contributed by atoms with van der Waals surface area (Å²) in [6, 6.07) is 3.58. The van der Waals surface area contributed by atoms with E-state index in [1.807, 2.05) is 22.7 Å². The highest BCUT2D eigenvalue weighted by atomic mass is 32.2. The smallest absolute Gasteiger partial charge is 0.254 e. The average Bonchev–Trinajstić information content (AvgIpc) is 2.66. The lowest BCUT2D eigenvalue weighted by atomic mass is 10.1. The highest BCUT2D eigenvalue weighted by Crippen LogP contribution is 2.16. The van der Waals surface area contributed by atoms with Gasteiger partial charge in [0.25, 0.3) is 5.91 Å². The van der Waals surface area contributed by atoms with Gasteiger partial charge in [0.15, 0.2) is 0 Å². The van der Waals surface area contributed by atoms with Crippen LogP contribution in [-0.4, -0.2) is 40.4 Å². The number of rotatable bonds is 3. The standard InChI is InChI=1S/C14H21N3OS/c1-2-4-12-9-11(10-13(15)16-12)14(18)17-5-3-7-19-8-6-17/h9-10H,2-8H2,1H3,(H2,15,16). The van der Waals surface area contributed by atoms with Crippen LogP contribution in [0.4, 0.5) is 5.82 Å². The summed E-state index contributed by atoms with van der Waals surface area (Å²) in [6.45, 7) is 3.77. The molecule has 0 aromatic carbocycles. The normalized spacial score (nSPS) is 16.2. The Labute approximate surface area is 118 Å². The molecule has 1 aromatic rings. The molecule has 19 heavy (non-hydrogen) atoms. The maximum Gasteiger partial charge on any atom is 0.254 e. The minimum atomic E-state index is 0.0916. The summed E-state index contributed by atoms with van der Waals surface area (Å²) >= 11 is 1.92. The molecular weight excluding hydrogens is 258 g/mol. The average molecular weight is 279 g/mol. The third-order valence-corrected chi connectivity index (χ3v) is 4.21. The Bertz CT molecular complexity index is 442. The van der Waals surface area contributed by atoms with Crippen molar-refractivity contribution in [2.24, 2.45) is 0 Å². The van der Waals surface area contributed by atoms with Crippen molar-refractivity contribution in [3.05, 3.63) is 23.4 Å². The predicted octanol–water partition coefficient (Wildman–Crippen LogP) is 2.20. The zero-order valence-corrected chi connectivity index (χ0v) is 12.2. The van der Waals surface area contributed by atoms with Gasteiger partial charge in [-0.15, -0.1) is 0 Å². The number of nitrogens with zero attached hydrogens (tertiary/aromatic N) is 2. The molecule has 2 heterocycles. The zero-order chi connectivity index (χ0) is 13.7. The highest BCUT2D eigenvalue weighted by molar-refractivity contribution is 7.99. The molecule has 0 unspecified atom stereocenters. The first-order valence-corrected chi connectivity index (χ1v) is 7.99. The maximum atomic E-state index is 12.5. The van der Waals surface area contributed by atoms with Gasteiger partial charge in [-0.3, -0.25) is 4.79 Å². The van der Waals surface area contributed by atoms with Crippen molar-refractivity contribution in [2.75, 3.05) is 30.3 Å². The molecule has 1 fully saturated rings. The number of pyridine rings is 1. The Morgan fingerprint density at radius 1 is 1.42 bits per heavy atom. The van der Waals surface area contributed by atoms with Crippen LogP contribution in [0.3, 0.4) is 0 Å². The van der Waals surface area contributed by atoms with E-state index in [1.165, 1.54) is 0 Å². The van der Waals surface area contributed by atoms with Gasteiger partial charge in [0.2, 0.25) is 0 Å². The third-order valence-electron chi connectivity index (χ3n) is 3.16. The van der Waals surface area contributed by atoms with E-state index in [4.69, 9.17) is 5.73 Å². The van der Waals surface area contributed by atoms with Crippen LogP contribution in [0.2, 0.25) is 0 Å². The van der Waals surface area contributed by atoms with Gasteiger partial charge in [-0.05, 0) is 30.7 Å². The largest absolute Gasteiger partial charge is 0.384 e. The van der Waals surface area contributed by atoms with E-state index >= 15 is 0 Å². The van der Waals surface area contributed by atoms with Gasteiger partial charge in [0, 0.05) is 30.1 Å². The summed E-state index contributed by atoms with van der Waals surface area (Å²) in [5.41, 5.74) is 7.40. The van der Waals surface area contributed by atoms with E-state index in [0.717, 1.165) is 49.6 Å². The van der Waals surface area contributed by atoms with Crippen molar-refractivity contribution in [1.29, 1.82) is 0 Å². The molecule has 1 aliphatic rings. The Balaban J connectivity index is 2.17. The zero-order valence-electron chi connectivity index (χ0n) is 11.4. The first-order chi connectivity index (χ1) is 9.20. The number of anilines is 1. The summed E-state index contributed by atoms with van der Waals surface area (Å²) in [6.07, 6.45) is 2.93. The fourth-order valence-electron chi connectivity index (χ4n) is 2.25. The third kappa shape index (κ3) is 3.86. The second-order valence-electron chi connectivity index (χ2n) is 4.78. The Morgan fingerprint density at radius 2 is 2.26 bits per heavy atom. The second-order valence-corrected chi connectivity index (χ2v) is 6.00. The fraction of sp³-hybridized carbons (Fsp3) is 0.571. The molecule has 1 aliphatic heterocycles. The number of carbonyl (C=O) groups excluding carboxylic acids is 1. The quantitative estimate of drug-likeness (QED) is 0.921. The summed E-state index contributed by atoms with van der Waals surface area (Å²) < 4.78 is 0. The Hall–Kier alpha value is -1.23. The Morgan fingerprint density at radius 3 is 3.05 bits per heavy atom. The van der Waals surface area contributed by atoms with Gasteiger partial charge >= 0.3 is 0 Å². The van der Waals surface area contributed by atoms with Gasteiger partial charge < -0.3 is 10.6 Å². The fourth-order valence-corrected chi connectivity index (χ4v) is 3.14. The minimum Gasteiger partial charge on any atom is -0.384 e. The van der Waals surface area contributed by atoms with Crippen LogP contribution in [0.15, 0.2) is 12.1 Å². The molecule has 2 rings (SSSR count). The van der Waals surface area contributed by atoms with Gasteiger partial charge in [-0.25, -0.2) is 4.98 Å². The highest BCUT2D eigenvalue weighted by Gasteiger charge is 2.18. The number of nitrogen functional groups attached to an aromatic ring is 1. The number of thioether (sulfide) groups is 1. The molecule has 1 amide bonds. The number of aromatic nitrogens is 1. The van der Waals surface area contributed by atoms with Crippen LogP contribution in [-0.2, 0) is 6.42 Å². The lowest BCUT2D eigenvalue weighted by Gasteiger charge is -2.20. The molecule has 1 saturated heterocycles. The van der Waals surface area contributed by atoms with Crippen molar-refractivity contribution < 1.29 is 4.79 Å². The summed E-state index contributed by atoms with van der Waals surface area (Å²) in [5.74, 6) is 2.70. The summed E-state index contributed by atoms with van der Waals surface area (Å²) in [7, 11) is 0. The lowest BCUT2D eigenvalue weighted by Crippen LogP contribution is -2.33.